The molecule has 0 amide bonds. The summed E-state index contributed by atoms with van der Waals surface area (Å²) < 4.78 is 12.3. The molecular weight excluding hydrogens is 476 g/mol. The van der Waals surface area contributed by atoms with Gasteiger partial charge >= 0.3 is 0 Å². The number of ether oxygens (including phenoxy) is 2. The predicted octanol–water partition coefficient (Wildman–Crippen LogP) is 9.11. The van der Waals surface area contributed by atoms with Gasteiger partial charge in [0.1, 0.15) is 18.5 Å². The first-order valence-corrected chi connectivity index (χ1v) is 16.9. The summed E-state index contributed by atoms with van der Waals surface area (Å²) in [6.45, 7) is 14.3. The molecule has 1 atom stereocenters. The topological polar surface area (TPSA) is 21.8 Å². The van der Waals surface area contributed by atoms with Crippen molar-refractivity contribution in [3.05, 3.63) is 28.8 Å². The van der Waals surface area contributed by atoms with Crippen LogP contribution in [-0.4, -0.2) is 19.3 Å². The van der Waals surface area contributed by atoms with Crippen LogP contribution >= 0.6 is 0 Å². The summed E-state index contributed by atoms with van der Waals surface area (Å²) >= 11 is 0. The van der Waals surface area contributed by atoms with Gasteiger partial charge in [-0.1, -0.05) is 34.6 Å². The average Bonchev–Trinajstić information content (AvgIpc) is 3.63. The van der Waals surface area contributed by atoms with E-state index in [-0.39, 0.29) is 5.41 Å². The quantitative estimate of drug-likeness (QED) is 0.328. The summed E-state index contributed by atoms with van der Waals surface area (Å²) in [6.07, 6.45) is 19.2. The molecule has 8 saturated carbocycles. The molecule has 1 unspecified atom stereocenters. The average molecular weight is 531 g/mol. The molecule has 0 radical (unpaired) electrons. The summed E-state index contributed by atoms with van der Waals surface area (Å²) in [5, 5.41) is 0. The molecule has 8 aliphatic carbocycles. The molecular formula is C37H54O2. The van der Waals surface area contributed by atoms with Gasteiger partial charge in [-0.15, -0.1) is 0 Å². The molecule has 0 spiro atoms. The summed E-state index contributed by atoms with van der Waals surface area (Å²) in [4.78, 5) is 0. The van der Waals surface area contributed by atoms with Crippen LogP contribution in [0.4, 0.5) is 0 Å². The fraction of sp³-hybridized carbons (Fsp3) is 0.838. The first kappa shape index (κ1) is 25.7. The molecule has 9 fully saturated rings. The van der Waals surface area contributed by atoms with E-state index >= 15 is 0 Å². The van der Waals surface area contributed by atoms with Gasteiger partial charge in [-0.25, -0.2) is 0 Å². The Morgan fingerprint density at radius 1 is 0.692 bits per heavy atom. The van der Waals surface area contributed by atoms with Gasteiger partial charge in [-0.05, 0) is 169 Å². The van der Waals surface area contributed by atoms with Crippen LogP contribution in [0.25, 0.3) is 0 Å². The lowest BCUT2D eigenvalue weighted by molar-refractivity contribution is -0.0104. The van der Waals surface area contributed by atoms with Crippen molar-refractivity contribution in [1.82, 2.24) is 0 Å². The van der Waals surface area contributed by atoms with E-state index in [1.165, 1.54) is 89.2 Å². The Morgan fingerprint density at radius 3 is 1.41 bits per heavy atom. The Morgan fingerprint density at radius 2 is 1.08 bits per heavy atom. The minimum atomic E-state index is 0.160. The van der Waals surface area contributed by atoms with Crippen molar-refractivity contribution in [2.75, 3.05) is 13.2 Å². The van der Waals surface area contributed by atoms with Gasteiger partial charge in [0.15, 0.2) is 0 Å². The molecule has 9 aliphatic rings. The molecule has 1 aromatic carbocycles. The molecule has 214 valence electrons. The smallest absolute Gasteiger partial charge is 0.120 e. The highest BCUT2D eigenvalue weighted by atomic mass is 16.6. The maximum atomic E-state index is 6.68. The normalized spacial score (nSPS) is 43.8. The van der Waals surface area contributed by atoms with E-state index in [4.69, 9.17) is 9.47 Å². The van der Waals surface area contributed by atoms with E-state index in [1.807, 2.05) is 0 Å². The van der Waals surface area contributed by atoms with Crippen LogP contribution in [0.2, 0.25) is 0 Å². The van der Waals surface area contributed by atoms with Crippen molar-refractivity contribution in [3.63, 3.8) is 0 Å². The minimum absolute atomic E-state index is 0.160. The highest BCUT2D eigenvalue weighted by molar-refractivity contribution is 5.54. The Hall–Kier alpha value is -1.02. The van der Waals surface area contributed by atoms with Crippen molar-refractivity contribution >= 4 is 0 Å². The molecule has 0 N–H and O–H groups in total. The monoisotopic (exact) mass is 530 g/mol. The molecule has 0 aromatic heterocycles. The molecule has 1 saturated heterocycles. The van der Waals surface area contributed by atoms with E-state index in [0.29, 0.717) is 22.3 Å². The number of benzene rings is 1. The molecule has 2 heteroatoms. The van der Waals surface area contributed by atoms with Crippen molar-refractivity contribution in [1.29, 1.82) is 0 Å². The van der Waals surface area contributed by atoms with Crippen LogP contribution in [0.5, 0.6) is 5.75 Å². The zero-order chi connectivity index (χ0) is 26.8. The second kappa shape index (κ2) is 8.52. The van der Waals surface area contributed by atoms with E-state index in [1.54, 1.807) is 16.7 Å². The molecule has 1 heterocycles. The zero-order valence-corrected chi connectivity index (χ0v) is 25.6. The highest BCUT2D eigenvalue weighted by Gasteiger charge is 2.56. The maximum absolute atomic E-state index is 6.68. The standard InChI is InChI=1S/C37H54O2/c1-34(2,3)22-35(4,5)33-31(36-14-23-6-24(15-36)8-25(7-23)16-36)12-29(38-20-30-21-39-30)13-32(33)37-17-26-9-27(18-37)11-28(10-26)19-37/h12-13,23-28,30H,6-11,14-22H2,1-5H3. The second-order valence-electron chi connectivity index (χ2n) is 18.2. The molecule has 2 nitrogen and oxygen atoms in total. The van der Waals surface area contributed by atoms with Crippen LogP contribution < -0.4 is 4.74 Å². The van der Waals surface area contributed by atoms with Gasteiger partial charge in [0, 0.05) is 0 Å². The molecule has 1 aromatic rings. The second-order valence-corrected chi connectivity index (χ2v) is 18.2. The zero-order valence-electron chi connectivity index (χ0n) is 25.6. The van der Waals surface area contributed by atoms with Crippen LogP contribution in [0.1, 0.15) is 135 Å². The third-order valence-electron chi connectivity index (χ3n) is 12.8. The van der Waals surface area contributed by atoms with Gasteiger partial charge in [-0.3, -0.25) is 0 Å². The van der Waals surface area contributed by atoms with E-state index < -0.39 is 0 Å². The molecule has 39 heavy (non-hydrogen) atoms. The lowest BCUT2D eigenvalue weighted by atomic mass is 9.44. The summed E-state index contributed by atoms with van der Waals surface area (Å²) in [5.41, 5.74) is 6.55. The minimum Gasteiger partial charge on any atom is -0.491 e. The van der Waals surface area contributed by atoms with E-state index in [9.17, 15) is 0 Å². The summed E-state index contributed by atoms with van der Waals surface area (Å²) in [7, 11) is 0. The number of rotatable bonds is 7. The van der Waals surface area contributed by atoms with Gasteiger partial charge in [0.25, 0.3) is 0 Å². The SMILES string of the molecule is CC(C)(C)CC(C)(C)c1c(C23CC4CC(CC(C4)C2)C3)cc(OCC2CO2)cc1C12CC3CC(CC(C3)C1)C2. The Balaban J connectivity index is 1.33. The lowest BCUT2D eigenvalue weighted by Crippen LogP contribution is -2.52. The Kier molecular flexibility index (Phi) is 5.61. The number of epoxide rings is 1. The van der Waals surface area contributed by atoms with E-state index in [0.717, 1.165) is 48.7 Å². The third-order valence-corrected chi connectivity index (χ3v) is 12.8. The van der Waals surface area contributed by atoms with Gasteiger partial charge < -0.3 is 9.47 Å². The first-order valence-electron chi connectivity index (χ1n) is 16.9. The number of hydrogen-bond acceptors (Lipinski definition) is 2. The van der Waals surface area contributed by atoms with Crippen LogP contribution in [0.3, 0.4) is 0 Å². The van der Waals surface area contributed by atoms with Gasteiger partial charge in [0.2, 0.25) is 0 Å². The highest BCUT2D eigenvalue weighted by Crippen LogP contribution is 2.66. The summed E-state index contributed by atoms with van der Waals surface area (Å²) in [5.74, 6) is 6.94. The van der Waals surface area contributed by atoms with Gasteiger partial charge in [-0.2, -0.15) is 0 Å². The van der Waals surface area contributed by atoms with Crippen molar-refractivity contribution in [2.24, 2.45) is 40.9 Å². The fourth-order valence-electron chi connectivity index (χ4n) is 12.9. The van der Waals surface area contributed by atoms with Crippen molar-refractivity contribution < 1.29 is 9.47 Å². The maximum Gasteiger partial charge on any atom is 0.120 e. The van der Waals surface area contributed by atoms with E-state index in [2.05, 4.69) is 46.8 Å². The Bertz CT molecular complexity index is 995. The lowest BCUT2D eigenvalue weighted by Gasteiger charge is -2.60. The van der Waals surface area contributed by atoms with Crippen LogP contribution in [0.15, 0.2) is 12.1 Å². The molecule has 10 rings (SSSR count). The van der Waals surface area contributed by atoms with Crippen LogP contribution in [-0.2, 0) is 21.0 Å². The van der Waals surface area contributed by atoms with Gasteiger partial charge in [0.05, 0.1) is 6.61 Å². The third kappa shape index (κ3) is 4.44. The first-order chi connectivity index (χ1) is 18.5. The number of hydrogen-bond donors (Lipinski definition) is 0. The van der Waals surface area contributed by atoms with Crippen molar-refractivity contribution in [3.8, 4) is 5.75 Å². The van der Waals surface area contributed by atoms with Crippen LogP contribution in [0, 0.1) is 40.9 Å². The van der Waals surface area contributed by atoms with Crippen molar-refractivity contribution in [2.45, 2.75) is 140 Å². The summed E-state index contributed by atoms with van der Waals surface area (Å²) in [6, 6.07) is 5.22. The molecule has 8 bridgehead atoms. The fourth-order valence-corrected chi connectivity index (χ4v) is 12.9. The Labute approximate surface area is 238 Å². The predicted molar refractivity (Wildman–Crippen MR) is 158 cm³/mol. The molecule has 1 aliphatic heterocycles. The largest absolute Gasteiger partial charge is 0.491 e.